The van der Waals surface area contributed by atoms with Crippen LogP contribution in [-0.4, -0.2) is 55.8 Å². The van der Waals surface area contributed by atoms with Crippen LogP contribution >= 0.6 is 0 Å². The van der Waals surface area contributed by atoms with Crippen molar-refractivity contribution in [1.29, 1.82) is 0 Å². The predicted octanol–water partition coefficient (Wildman–Crippen LogP) is -0.527. The molecule has 1 rings (SSSR count). The molecular formula is C9H18N2O4S. The van der Waals surface area contributed by atoms with Crippen LogP contribution in [0.3, 0.4) is 0 Å². The number of carboxylic acids is 1. The van der Waals surface area contributed by atoms with E-state index in [0.29, 0.717) is 6.04 Å². The first-order valence-electron chi connectivity index (χ1n) is 5.22. The van der Waals surface area contributed by atoms with Gasteiger partial charge in [0.25, 0.3) is 0 Å². The summed E-state index contributed by atoms with van der Waals surface area (Å²) in [7, 11) is -1.70. The minimum absolute atomic E-state index is 0.143. The second-order valence-electron chi connectivity index (χ2n) is 4.32. The van der Waals surface area contributed by atoms with Crippen molar-refractivity contribution in [2.45, 2.75) is 31.8 Å². The lowest BCUT2D eigenvalue weighted by Gasteiger charge is -2.35. The molecule has 0 saturated carbocycles. The number of carboxylic acid groups (broad SMARTS) is 1. The highest BCUT2D eigenvalue weighted by Gasteiger charge is 2.27. The Hall–Kier alpha value is -0.660. The largest absolute Gasteiger partial charge is 0.480 e. The van der Waals surface area contributed by atoms with Crippen LogP contribution in [0.1, 0.15) is 19.8 Å². The molecule has 2 unspecified atom stereocenters. The fourth-order valence-corrected chi connectivity index (χ4v) is 2.98. The second-order valence-corrected chi connectivity index (χ2v) is 6.08. The monoisotopic (exact) mass is 250 g/mol. The maximum absolute atomic E-state index is 11.4. The van der Waals surface area contributed by atoms with Crippen LogP contribution < -0.4 is 4.72 Å². The molecule has 1 aliphatic rings. The average Bonchev–Trinajstić information content (AvgIpc) is 2.08. The number of rotatable bonds is 4. The summed E-state index contributed by atoms with van der Waals surface area (Å²) in [6.07, 6.45) is 1.44. The number of piperidine rings is 1. The summed E-state index contributed by atoms with van der Waals surface area (Å²) < 4.78 is 25.2. The Bertz CT molecular complexity index is 355. The van der Waals surface area contributed by atoms with Crippen LogP contribution in [0.25, 0.3) is 0 Å². The topological polar surface area (TPSA) is 86.7 Å². The zero-order chi connectivity index (χ0) is 12.3. The first-order valence-corrected chi connectivity index (χ1v) is 6.87. The molecule has 0 radical (unpaired) electrons. The molecule has 2 N–H and O–H groups in total. The van der Waals surface area contributed by atoms with Gasteiger partial charge in [-0.1, -0.05) is 0 Å². The smallest absolute Gasteiger partial charge is 0.320 e. The van der Waals surface area contributed by atoms with Crippen molar-refractivity contribution in [2.75, 3.05) is 19.3 Å². The summed E-state index contributed by atoms with van der Waals surface area (Å²) in [5, 5.41) is 8.45. The number of carbonyl (C=O) groups is 1. The lowest BCUT2D eigenvalue weighted by Crippen LogP contribution is -2.48. The van der Waals surface area contributed by atoms with E-state index in [2.05, 4.69) is 9.62 Å². The third-order valence-electron chi connectivity index (χ3n) is 2.87. The molecule has 0 aromatic heterocycles. The van der Waals surface area contributed by atoms with Gasteiger partial charge in [0, 0.05) is 12.1 Å². The zero-order valence-electron chi connectivity index (χ0n) is 9.51. The molecule has 1 saturated heterocycles. The first-order chi connectivity index (χ1) is 7.30. The van der Waals surface area contributed by atoms with Gasteiger partial charge >= 0.3 is 5.97 Å². The average molecular weight is 250 g/mol. The van der Waals surface area contributed by atoms with E-state index in [0.717, 1.165) is 19.4 Å². The van der Waals surface area contributed by atoms with Crippen molar-refractivity contribution >= 4 is 16.0 Å². The van der Waals surface area contributed by atoms with Gasteiger partial charge < -0.3 is 10.0 Å². The molecule has 7 heteroatoms. The lowest BCUT2D eigenvalue weighted by molar-refractivity contribution is -0.134. The molecule has 0 amide bonds. The van der Waals surface area contributed by atoms with Gasteiger partial charge in [-0.3, -0.25) is 4.79 Å². The Kier molecular flexibility index (Phi) is 4.28. The van der Waals surface area contributed by atoms with E-state index in [1.807, 2.05) is 14.0 Å². The van der Waals surface area contributed by atoms with E-state index in [1.165, 1.54) is 0 Å². The number of likely N-dealkylation sites (tertiary alicyclic amines) is 1. The molecule has 0 spiro atoms. The minimum Gasteiger partial charge on any atom is -0.480 e. The van der Waals surface area contributed by atoms with E-state index in [4.69, 9.17) is 5.11 Å². The summed E-state index contributed by atoms with van der Waals surface area (Å²) in [6, 6.07) is 0.168. The quantitative estimate of drug-likeness (QED) is 0.700. The summed E-state index contributed by atoms with van der Waals surface area (Å²) in [5.74, 6) is -2.18. The first kappa shape index (κ1) is 13.4. The van der Waals surface area contributed by atoms with E-state index in [-0.39, 0.29) is 6.04 Å². The van der Waals surface area contributed by atoms with Crippen LogP contribution in [0.2, 0.25) is 0 Å². The Morgan fingerprint density at radius 2 is 2.19 bits per heavy atom. The van der Waals surface area contributed by atoms with Crippen LogP contribution in [-0.2, 0) is 14.8 Å². The Labute approximate surface area is 95.7 Å². The molecule has 0 aromatic carbocycles. The molecule has 94 valence electrons. The van der Waals surface area contributed by atoms with Gasteiger partial charge in [-0.2, -0.15) is 0 Å². The SMILES string of the molecule is CC1CC(NS(=O)(=O)CC(=O)O)CCN1C. The third kappa shape index (κ3) is 4.07. The Balaban J connectivity index is 2.52. The van der Waals surface area contributed by atoms with Gasteiger partial charge in [-0.15, -0.1) is 0 Å². The molecular weight excluding hydrogens is 232 g/mol. The lowest BCUT2D eigenvalue weighted by atomic mass is 10.0. The maximum atomic E-state index is 11.4. The summed E-state index contributed by atoms with van der Waals surface area (Å²) in [5.41, 5.74) is 0. The van der Waals surface area contributed by atoms with Crippen LogP contribution in [0, 0.1) is 0 Å². The number of hydrogen-bond acceptors (Lipinski definition) is 4. The Morgan fingerprint density at radius 1 is 1.56 bits per heavy atom. The van der Waals surface area contributed by atoms with Crippen molar-refractivity contribution in [3.8, 4) is 0 Å². The van der Waals surface area contributed by atoms with Crippen molar-refractivity contribution in [3.05, 3.63) is 0 Å². The van der Waals surface area contributed by atoms with Crippen molar-refractivity contribution in [2.24, 2.45) is 0 Å². The molecule has 6 nitrogen and oxygen atoms in total. The van der Waals surface area contributed by atoms with Gasteiger partial charge in [0.1, 0.15) is 0 Å². The molecule has 16 heavy (non-hydrogen) atoms. The van der Waals surface area contributed by atoms with Crippen molar-refractivity contribution in [3.63, 3.8) is 0 Å². The highest BCUT2D eigenvalue weighted by molar-refractivity contribution is 7.90. The molecule has 1 fully saturated rings. The van der Waals surface area contributed by atoms with Gasteiger partial charge in [0.15, 0.2) is 5.75 Å². The third-order valence-corrected chi connectivity index (χ3v) is 4.19. The maximum Gasteiger partial charge on any atom is 0.320 e. The van der Waals surface area contributed by atoms with Crippen LogP contribution in [0.5, 0.6) is 0 Å². The number of hydrogen-bond donors (Lipinski definition) is 2. The fourth-order valence-electron chi connectivity index (χ4n) is 1.85. The predicted molar refractivity (Wildman–Crippen MR) is 59.7 cm³/mol. The number of nitrogens with zero attached hydrogens (tertiary/aromatic N) is 1. The minimum atomic E-state index is -3.69. The van der Waals surface area contributed by atoms with Crippen LogP contribution in [0.4, 0.5) is 0 Å². The molecule has 2 atom stereocenters. The Morgan fingerprint density at radius 3 is 2.69 bits per heavy atom. The molecule has 1 aliphatic heterocycles. The summed E-state index contributed by atoms with van der Waals surface area (Å²) in [6.45, 7) is 2.85. The van der Waals surface area contributed by atoms with Crippen LogP contribution in [0.15, 0.2) is 0 Å². The van der Waals surface area contributed by atoms with Gasteiger partial charge in [-0.25, -0.2) is 13.1 Å². The second kappa shape index (κ2) is 5.11. The standard InChI is InChI=1S/C9H18N2O4S/c1-7-5-8(3-4-11(7)2)10-16(14,15)6-9(12)13/h7-8,10H,3-6H2,1-2H3,(H,12,13). The number of nitrogens with one attached hydrogen (secondary N) is 1. The summed E-state index contributed by atoms with van der Waals surface area (Å²) >= 11 is 0. The number of sulfonamides is 1. The van der Waals surface area contributed by atoms with E-state index < -0.39 is 21.7 Å². The van der Waals surface area contributed by atoms with Crippen molar-refractivity contribution in [1.82, 2.24) is 9.62 Å². The highest BCUT2D eigenvalue weighted by atomic mass is 32.2. The molecule has 0 bridgehead atoms. The van der Waals surface area contributed by atoms with E-state index in [9.17, 15) is 13.2 Å². The zero-order valence-corrected chi connectivity index (χ0v) is 10.3. The van der Waals surface area contributed by atoms with Crippen molar-refractivity contribution < 1.29 is 18.3 Å². The normalized spacial score (nSPS) is 27.9. The van der Waals surface area contributed by atoms with E-state index >= 15 is 0 Å². The van der Waals surface area contributed by atoms with Gasteiger partial charge in [0.2, 0.25) is 10.0 Å². The number of aliphatic carboxylic acids is 1. The highest BCUT2D eigenvalue weighted by Crippen LogP contribution is 2.15. The van der Waals surface area contributed by atoms with Gasteiger partial charge in [-0.05, 0) is 33.4 Å². The van der Waals surface area contributed by atoms with E-state index in [1.54, 1.807) is 0 Å². The molecule has 1 heterocycles. The molecule has 0 aromatic rings. The van der Waals surface area contributed by atoms with Gasteiger partial charge in [0.05, 0.1) is 0 Å². The molecule has 0 aliphatic carbocycles. The fraction of sp³-hybridized carbons (Fsp3) is 0.889. The summed E-state index contributed by atoms with van der Waals surface area (Å²) in [4.78, 5) is 12.5.